The van der Waals surface area contributed by atoms with Gasteiger partial charge in [-0.05, 0) is 24.6 Å². The molecule has 0 aliphatic carbocycles. The zero-order chi connectivity index (χ0) is 15.2. The molecule has 0 amide bonds. The van der Waals surface area contributed by atoms with Gasteiger partial charge in [0.25, 0.3) is 0 Å². The summed E-state index contributed by atoms with van der Waals surface area (Å²) < 4.78 is 16.3. The van der Waals surface area contributed by atoms with Crippen LogP contribution in [0.15, 0.2) is 29.2 Å². The Kier molecular flexibility index (Phi) is 5.05. The van der Waals surface area contributed by atoms with Crippen molar-refractivity contribution in [1.82, 2.24) is 9.97 Å². The van der Waals surface area contributed by atoms with Gasteiger partial charge < -0.3 is 24.2 Å². The van der Waals surface area contributed by atoms with E-state index in [0.29, 0.717) is 24.5 Å². The van der Waals surface area contributed by atoms with Crippen molar-refractivity contribution in [2.75, 3.05) is 20.8 Å². The van der Waals surface area contributed by atoms with Gasteiger partial charge in [0.05, 0.1) is 20.3 Å². The summed E-state index contributed by atoms with van der Waals surface area (Å²) in [5, 5.41) is 0. The number of methoxy groups -OCH3 is 2. The minimum Gasteiger partial charge on any atom is -0.493 e. The van der Waals surface area contributed by atoms with E-state index in [-0.39, 0.29) is 11.8 Å². The fourth-order valence-corrected chi connectivity index (χ4v) is 2.21. The first-order valence-corrected chi connectivity index (χ1v) is 6.78. The van der Waals surface area contributed by atoms with Crippen LogP contribution < -0.4 is 15.2 Å². The molecular formula is C15H20N2O4. The number of aromatic nitrogens is 2. The van der Waals surface area contributed by atoms with E-state index in [1.807, 2.05) is 25.1 Å². The highest BCUT2D eigenvalue weighted by atomic mass is 16.5. The topological polar surface area (TPSA) is 76.3 Å². The molecule has 0 bridgehead atoms. The molecule has 1 aromatic heterocycles. The monoisotopic (exact) mass is 292 g/mol. The highest BCUT2D eigenvalue weighted by Gasteiger charge is 2.16. The molecule has 1 atom stereocenters. The average Bonchev–Trinajstić information content (AvgIpc) is 2.91. The van der Waals surface area contributed by atoms with Crippen molar-refractivity contribution >= 4 is 0 Å². The van der Waals surface area contributed by atoms with Crippen molar-refractivity contribution in [2.24, 2.45) is 0 Å². The molecule has 0 aliphatic rings. The summed E-state index contributed by atoms with van der Waals surface area (Å²) in [6.45, 7) is 2.52. The third-order valence-corrected chi connectivity index (χ3v) is 3.20. The van der Waals surface area contributed by atoms with Gasteiger partial charge in [-0.2, -0.15) is 0 Å². The van der Waals surface area contributed by atoms with E-state index in [1.54, 1.807) is 20.4 Å². The molecule has 21 heavy (non-hydrogen) atoms. The Morgan fingerprint density at radius 2 is 1.95 bits per heavy atom. The molecule has 1 heterocycles. The van der Waals surface area contributed by atoms with E-state index in [1.165, 1.54) is 0 Å². The van der Waals surface area contributed by atoms with Gasteiger partial charge in [0.1, 0.15) is 0 Å². The van der Waals surface area contributed by atoms with E-state index in [2.05, 4.69) is 9.97 Å². The van der Waals surface area contributed by atoms with Gasteiger partial charge in [-0.25, -0.2) is 4.79 Å². The zero-order valence-electron chi connectivity index (χ0n) is 12.4. The van der Waals surface area contributed by atoms with Crippen LogP contribution in [0.5, 0.6) is 11.5 Å². The molecule has 0 fully saturated rings. The standard InChI is InChI=1S/C15H20N2O4/c1-4-21-13(8-11-9-16-15(18)17-11)10-5-6-12(19-2)14(7-10)20-3/h5-7,9,13H,4,8H2,1-3H3,(H2,16,17,18). The Morgan fingerprint density at radius 3 is 2.52 bits per heavy atom. The molecule has 1 unspecified atom stereocenters. The van der Waals surface area contributed by atoms with Gasteiger partial charge in [0.2, 0.25) is 0 Å². The lowest BCUT2D eigenvalue weighted by atomic mass is 10.0. The minimum atomic E-state index is -0.215. The molecule has 0 saturated heterocycles. The van der Waals surface area contributed by atoms with Gasteiger partial charge in [-0.15, -0.1) is 0 Å². The van der Waals surface area contributed by atoms with Crippen LogP contribution in [-0.2, 0) is 11.2 Å². The van der Waals surface area contributed by atoms with E-state index in [9.17, 15) is 4.79 Å². The lowest BCUT2D eigenvalue weighted by Crippen LogP contribution is -2.10. The predicted octanol–water partition coefficient (Wildman–Crippen LogP) is 2.04. The number of rotatable bonds is 7. The van der Waals surface area contributed by atoms with Gasteiger partial charge in [-0.3, -0.25) is 0 Å². The summed E-state index contributed by atoms with van der Waals surface area (Å²) in [4.78, 5) is 16.5. The fourth-order valence-electron chi connectivity index (χ4n) is 2.21. The van der Waals surface area contributed by atoms with Crippen molar-refractivity contribution in [3.8, 4) is 11.5 Å². The second-order valence-electron chi connectivity index (χ2n) is 4.53. The predicted molar refractivity (Wildman–Crippen MR) is 79.0 cm³/mol. The zero-order valence-corrected chi connectivity index (χ0v) is 12.4. The second-order valence-corrected chi connectivity index (χ2v) is 4.53. The van der Waals surface area contributed by atoms with E-state index in [0.717, 1.165) is 11.3 Å². The number of benzene rings is 1. The Hall–Kier alpha value is -2.21. The molecule has 2 aromatic rings. The third-order valence-electron chi connectivity index (χ3n) is 3.20. The number of hydrogen-bond donors (Lipinski definition) is 2. The highest BCUT2D eigenvalue weighted by molar-refractivity contribution is 5.43. The molecule has 6 heteroatoms. The van der Waals surface area contributed by atoms with Gasteiger partial charge in [0.15, 0.2) is 11.5 Å². The number of ether oxygens (including phenoxy) is 3. The van der Waals surface area contributed by atoms with Crippen molar-refractivity contribution in [2.45, 2.75) is 19.4 Å². The van der Waals surface area contributed by atoms with Crippen LogP contribution in [0.2, 0.25) is 0 Å². The summed E-state index contributed by atoms with van der Waals surface area (Å²) >= 11 is 0. The maximum Gasteiger partial charge on any atom is 0.323 e. The first kappa shape index (κ1) is 15.2. The number of H-pyrrole nitrogens is 2. The normalized spacial score (nSPS) is 12.1. The second kappa shape index (κ2) is 6.99. The van der Waals surface area contributed by atoms with E-state index >= 15 is 0 Å². The van der Waals surface area contributed by atoms with Crippen LogP contribution in [0.25, 0.3) is 0 Å². The first-order valence-electron chi connectivity index (χ1n) is 6.78. The van der Waals surface area contributed by atoms with Crippen molar-refractivity contribution in [3.05, 3.63) is 46.1 Å². The van der Waals surface area contributed by atoms with Gasteiger partial charge in [0, 0.05) is 24.9 Å². The Bertz CT molecular complexity index is 633. The van der Waals surface area contributed by atoms with Crippen LogP contribution in [0.4, 0.5) is 0 Å². The van der Waals surface area contributed by atoms with Crippen LogP contribution in [-0.4, -0.2) is 30.8 Å². The number of nitrogens with one attached hydrogen (secondary N) is 2. The Morgan fingerprint density at radius 1 is 1.19 bits per heavy atom. The molecule has 6 nitrogen and oxygen atoms in total. The highest BCUT2D eigenvalue weighted by Crippen LogP contribution is 2.32. The summed E-state index contributed by atoms with van der Waals surface area (Å²) in [6, 6.07) is 5.68. The Labute approximate surface area is 123 Å². The first-order chi connectivity index (χ1) is 10.2. The fraction of sp³-hybridized carbons (Fsp3) is 0.400. The number of hydrogen-bond acceptors (Lipinski definition) is 4. The molecule has 2 rings (SSSR count). The number of aromatic amines is 2. The molecule has 1 aromatic carbocycles. The average molecular weight is 292 g/mol. The van der Waals surface area contributed by atoms with Gasteiger partial charge in [-0.1, -0.05) is 6.07 Å². The van der Waals surface area contributed by atoms with Crippen molar-refractivity contribution in [3.63, 3.8) is 0 Å². The van der Waals surface area contributed by atoms with E-state index < -0.39 is 0 Å². The molecular weight excluding hydrogens is 272 g/mol. The largest absolute Gasteiger partial charge is 0.493 e. The summed E-state index contributed by atoms with van der Waals surface area (Å²) in [6.07, 6.45) is 2.07. The molecule has 0 saturated carbocycles. The van der Waals surface area contributed by atoms with Crippen LogP contribution in [0.1, 0.15) is 24.3 Å². The number of imidazole rings is 1. The SMILES string of the molecule is CCOC(Cc1c[nH]c(=O)[nH]1)c1ccc(OC)c(OC)c1. The minimum absolute atomic E-state index is 0.166. The summed E-state index contributed by atoms with van der Waals surface area (Å²) in [5.41, 5.74) is 1.55. The molecule has 0 radical (unpaired) electrons. The van der Waals surface area contributed by atoms with Crippen LogP contribution in [0.3, 0.4) is 0 Å². The molecule has 2 N–H and O–H groups in total. The Balaban J connectivity index is 2.26. The lowest BCUT2D eigenvalue weighted by Gasteiger charge is -2.18. The molecule has 0 aliphatic heterocycles. The molecule has 114 valence electrons. The summed E-state index contributed by atoms with van der Waals surface area (Å²) in [5.74, 6) is 1.33. The molecule has 0 spiro atoms. The van der Waals surface area contributed by atoms with Crippen LogP contribution >= 0.6 is 0 Å². The maximum atomic E-state index is 11.2. The van der Waals surface area contributed by atoms with Crippen LogP contribution in [0, 0.1) is 0 Å². The smallest absolute Gasteiger partial charge is 0.323 e. The maximum absolute atomic E-state index is 11.2. The third kappa shape index (κ3) is 3.66. The van der Waals surface area contributed by atoms with Crippen molar-refractivity contribution < 1.29 is 14.2 Å². The van der Waals surface area contributed by atoms with Gasteiger partial charge >= 0.3 is 5.69 Å². The summed E-state index contributed by atoms with van der Waals surface area (Å²) in [7, 11) is 3.20. The quantitative estimate of drug-likeness (QED) is 0.818. The van der Waals surface area contributed by atoms with E-state index in [4.69, 9.17) is 14.2 Å². The lowest BCUT2D eigenvalue weighted by molar-refractivity contribution is 0.0620. The van der Waals surface area contributed by atoms with Crippen molar-refractivity contribution in [1.29, 1.82) is 0 Å².